The second kappa shape index (κ2) is 11.6. The molecule has 0 bridgehead atoms. The molecule has 0 saturated heterocycles. The molecular formula is C28H26ClF3N4O4. The number of alkyl halides is 2. The molecule has 1 aliphatic carbocycles. The van der Waals surface area contributed by atoms with E-state index in [4.69, 9.17) is 16.3 Å². The first kappa shape index (κ1) is 27.6. The zero-order valence-corrected chi connectivity index (χ0v) is 22.2. The average molecular weight is 575 g/mol. The summed E-state index contributed by atoms with van der Waals surface area (Å²) in [5.41, 5.74) is 1.63. The van der Waals surface area contributed by atoms with Gasteiger partial charge in [-0.2, -0.15) is 8.78 Å². The van der Waals surface area contributed by atoms with Crippen LogP contribution in [0.3, 0.4) is 0 Å². The van der Waals surface area contributed by atoms with Crippen molar-refractivity contribution in [3.8, 4) is 11.6 Å². The molecule has 0 atom stereocenters. The SMILES string of the molecule is Cn1c(NC2CCC(c3cccc(OCc4ccc(Cl)cc4F)n3)CC2)nc2c(OC(F)F)cc(C(=O)O)cc21. The highest BCUT2D eigenvalue weighted by Crippen LogP contribution is 2.35. The van der Waals surface area contributed by atoms with E-state index < -0.39 is 18.4 Å². The molecule has 8 nitrogen and oxygen atoms in total. The fraction of sp³-hybridized carbons (Fsp3) is 0.321. The Hall–Kier alpha value is -3.99. The van der Waals surface area contributed by atoms with Crippen molar-refractivity contribution >= 4 is 34.6 Å². The van der Waals surface area contributed by atoms with Crippen LogP contribution in [0.25, 0.3) is 11.0 Å². The molecule has 12 heteroatoms. The lowest BCUT2D eigenvalue weighted by Crippen LogP contribution is -2.27. The molecule has 1 aliphatic rings. The number of benzene rings is 2. The van der Waals surface area contributed by atoms with Crippen LogP contribution in [0.15, 0.2) is 48.5 Å². The number of hydrogen-bond acceptors (Lipinski definition) is 6. The van der Waals surface area contributed by atoms with Crippen molar-refractivity contribution in [3.63, 3.8) is 0 Å². The molecule has 40 heavy (non-hydrogen) atoms. The molecular weight excluding hydrogens is 549 g/mol. The van der Waals surface area contributed by atoms with Crippen molar-refractivity contribution < 1.29 is 32.5 Å². The lowest BCUT2D eigenvalue weighted by atomic mass is 9.84. The van der Waals surface area contributed by atoms with Crippen LogP contribution in [0.1, 0.15) is 53.2 Å². The van der Waals surface area contributed by atoms with Crippen LogP contribution in [0, 0.1) is 5.82 Å². The molecule has 2 N–H and O–H groups in total. The Kier molecular flexibility index (Phi) is 8.02. The number of carboxylic acids is 1. The van der Waals surface area contributed by atoms with E-state index in [2.05, 4.69) is 20.0 Å². The lowest BCUT2D eigenvalue weighted by Gasteiger charge is -2.29. The molecule has 2 heterocycles. The van der Waals surface area contributed by atoms with E-state index in [1.807, 2.05) is 12.1 Å². The van der Waals surface area contributed by atoms with Crippen molar-refractivity contribution in [1.82, 2.24) is 14.5 Å². The van der Waals surface area contributed by atoms with Crippen molar-refractivity contribution in [2.75, 3.05) is 5.32 Å². The quantitative estimate of drug-likeness (QED) is 0.227. The Morgan fingerprint density at radius 3 is 2.62 bits per heavy atom. The Labute approximate surface area is 232 Å². The average Bonchev–Trinajstić information content (AvgIpc) is 3.23. The maximum Gasteiger partial charge on any atom is 0.387 e. The van der Waals surface area contributed by atoms with Crippen molar-refractivity contribution in [3.05, 3.63) is 76.2 Å². The number of aryl methyl sites for hydroxylation is 1. The van der Waals surface area contributed by atoms with Crippen molar-refractivity contribution in [2.24, 2.45) is 7.05 Å². The summed E-state index contributed by atoms with van der Waals surface area (Å²) < 4.78 is 51.9. The number of ether oxygens (including phenoxy) is 2. The summed E-state index contributed by atoms with van der Waals surface area (Å²) in [6.45, 7) is -3.08. The number of rotatable bonds is 9. The van der Waals surface area contributed by atoms with Gasteiger partial charge in [-0.1, -0.05) is 23.7 Å². The monoisotopic (exact) mass is 574 g/mol. The summed E-state index contributed by atoms with van der Waals surface area (Å²) in [6.07, 6.45) is 3.29. The Balaban J connectivity index is 1.24. The third kappa shape index (κ3) is 6.09. The number of carbonyl (C=O) groups is 1. The van der Waals surface area contributed by atoms with Gasteiger partial charge in [-0.15, -0.1) is 0 Å². The number of fused-ring (bicyclic) bond motifs is 1. The van der Waals surface area contributed by atoms with Crippen LogP contribution >= 0.6 is 11.6 Å². The predicted molar refractivity (Wildman–Crippen MR) is 143 cm³/mol. The second-order valence-corrected chi connectivity index (χ2v) is 10.1. The first-order valence-electron chi connectivity index (χ1n) is 12.7. The highest BCUT2D eigenvalue weighted by Gasteiger charge is 2.26. The Morgan fingerprint density at radius 1 is 1.15 bits per heavy atom. The van der Waals surface area contributed by atoms with Gasteiger partial charge in [0, 0.05) is 41.4 Å². The molecule has 0 aliphatic heterocycles. The van der Waals surface area contributed by atoms with E-state index in [1.54, 1.807) is 29.8 Å². The number of aromatic nitrogens is 3. The summed E-state index contributed by atoms with van der Waals surface area (Å²) in [5, 5.41) is 13.1. The number of halogens is 4. The van der Waals surface area contributed by atoms with Gasteiger partial charge >= 0.3 is 12.6 Å². The van der Waals surface area contributed by atoms with Crippen LogP contribution in [0.5, 0.6) is 11.6 Å². The number of anilines is 1. The molecule has 1 saturated carbocycles. The van der Waals surface area contributed by atoms with E-state index in [0.717, 1.165) is 37.4 Å². The largest absolute Gasteiger partial charge is 0.478 e. The van der Waals surface area contributed by atoms with Crippen LogP contribution in [0.2, 0.25) is 5.02 Å². The summed E-state index contributed by atoms with van der Waals surface area (Å²) in [4.78, 5) is 20.6. The third-order valence-electron chi connectivity index (χ3n) is 7.03. The van der Waals surface area contributed by atoms with Crippen LogP contribution in [-0.4, -0.2) is 38.3 Å². The van der Waals surface area contributed by atoms with Gasteiger partial charge in [0.15, 0.2) is 5.75 Å². The van der Waals surface area contributed by atoms with Crippen LogP contribution in [0.4, 0.5) is 19.1 Å². The van der Waals surface area contributed by atoms with E-state index >= 15 is 0 Å². The molecule has 210 valence electrons. The maximum absolute atomic E-state index is 14.1. The topological polar surface area (TPSA) is 98.5 Å². The standard InChI is InChI=1S/C28H26ClF3N4O4/c1-36-22-11-17(26(37)38)12-23(40-27(31)32)25(22)35-28(36)33-19-9-6-15(7-10-19)21-3-2-4-24(34-21)39-14-16-5-8-18(29)13-20(16)30/h2-5,8,11-13,15,19,27H,6-7,9-10,14H2,1H3,(H,33,35)(H,37,38). The number of nitrogens with one attached hydrogen (secondary N) is 1. The van der Waals surface area contributed by atoms with Gasteiger partial charge in [0.05, 0.1) is 11.1 Å². The zero-order chi connectivity index (χ0) is 28.4. The van der Waals surface area contributed by atoms with Gasteiger partial charge in [-0.25, -0.2) is 19.2 Å². The molecule has 0 radical (unpaired) electrons. The van der Waals surface area contributed by atoms with Gasteiger partial charge in [0.2, 0.25) is 11.8 Å². The smallest absolute Gasteiger partial charge is 0.387 e. The molecule has 1 fully saturated rings. The molecule has 5 rings (SSSR count). The van der Waals surface area contributed by atoms with E-state index in [0.29, 0.717) is 27.9 Å². The highest BCUT2D eigenvalue weighted by molar-refractivity contribution is 6.30. The lowest BCUT2D eigenvalue weighted by molar-refractivity contribution is -0.0489. The van der Waals surface area contributed by atoms with Crippen molar-refractivity contribution in [1.29, 1.82) is 0 Å². The summed E-state index contributed by atoms with van der Waals surface area (Å²) in [5.74, 6) is -0.925. The predicted octanol–water partition coefficient (Wildman–Crippen LogP) is 6.78. The second-order valence-electron chi connectivity index (χ2n) is 9.64. The van der Waals surface area contributed by atoms with E-state index in [1.165, 1.54) is 12.1 Å². The van der Waals surface area contributed by atoms with Crippen LogP contribution in [-0.2, 0) is 13.7 Å². The highest BCUT2D eigenvalue weighted by atomic mass is 35.5. The normalized spacial score (nSPS) is 17.2. The van der Waals surface area contributed by atoms with Gasteiger partial charge in [0.25, 0.3) is 0 Å². The van der Waals surface area contributed by atoms with Gasteiger partial charge < -0.3 is 24.5 Å². The minimum atomic E-state index is -3.11. The van der Waals surface area contributed by atoms with Crippen LogP contribution < -0.4 is 14.8 Å². The number of aromatic carboxylic acids is 1. The fourth-order valence-electron chi connectivity index (χ4n) is 4.94. The summed E-state index contributed by atoms with van der Waals surface area (Å²) in [7, 11) is 1.69. The van der Waals surface area contributed by atoms with Gasteiger partial charge in [-0.05, 0) is 56.0 Å². The summed E-state index contributed by atoms with van der Waals surface area (Å²) >= 11 is 5.81. The zero-order valence-electron chi connectivity index (χ0n) is 21.4. The van der Waals surface area contributed by atoms with Gasteiger partial charge in [0.1, 0.15) is 17.9 Å². The fourth-order valence-corrected chi connectivity index (χ4v) is 5.10. The third-order valence-corrected chi connectivity index (χ3v) is 7.26. The number of carboxylic acid groups (broad SMARTS) is 1. The maximum atomic E-state index is 14.1. The Morgan fingerprint density at radius 2 is 1.93 bits per heavy atom. The molecule has 2 aromatic carbocycles. The van der Waals surface area contributed by atoms with Crippen molar-refractivity contribution in [2.45, 2.75) is 50.9 Å². The Bertz CT molecular complexity index is 1540. The molecule has 0 amide bonds. The van der Waals surface area contributed by atoms with E-state index in [9.17, 15) is 23.1 Å². The molecule has 2 aromatic heterocycles. The first-order chi connectivity index (χ1) is 19.2. The number of hydrogen-bond donors (Lipinski definition) is 2. The summed E-state index contributed by atoms with van der Waals surface area (Å²) in [6, 6.07) is 12.5. The molecule has 4 aromatic rings. The number of nitrogens with zero attached hydrogens (tertiary/aromatic N) is 3. The molecule has 0 spiro atoms. The van der Waals surface area contributed by atoms with E-state index in [-0.39, 0.29) is 35.4 Å². The number of imidazole rings is 1. The minimum Gasteiger partial charge on any atom is -0.478 e. The van der Waals surface area contributed by atoms with Gasteiger partial charge in [-0.3, -0.25) is 0 Å². The minimum absolute atomic E-state index is 0.0339. The first-order valence-corrected chi connectivity index (χ1v) is 13.0. The molecule has 0 unspecified atom stereocenters. The number of pyridine rings is 1.